The molecular formula is C18H21NO4S2. The van der Waals surface area contributed by atoms with E-state index in [1.165, 1.54) is 18.4 Å². The lowest BCUT2D eigenvalue weighted by molar-refractivity contribution is -0.141. The predicted molar refractivity (Wildman–Crippen MR) is 99.2 cm³/mol. The molecule has 134 valence electrons. The zero-order valence-electron chi connectivity index (χ0n) is 14.5. The minimum atomic E-state index is -0.430. The van der Waals surface area contributed by atoms with Gasteiger partial charge in [0.05, 0.1) is 19.6 Å². The van der Waals surface area contributed by atoms with Crippen molar-refractivity contribution in [2.75, 3.05) is 7.11 Å². The smallest absolute Gasteiger partial charge is 0.307 e. The summed E-state index contributed by atoms with van der Waals surface area (Å²) in [4.78, 5) is 39.0. The lowest BCUT2D eigenvalue weighted by atomic mass is 10.1. The average Bonchev–Trinajstić information content (AvgIpc) is 3.21. The van der Waals surface area contributed by atoms with Crippen LogP contribution in [0.25, 0.3) is 0 Å². The molecule has 2 aromatic heterocycles. The van der Waals surface area contributed by atoms with Gasteiger partial charge in [-0.2, -0.15) is 0 Å². The summed E-state index contributed by atoms with van der Waals surface area (Å²) in [7, 11) is 1.32. The van der Waals surface area contributed by atoms with E-state index in [2.05, 4.69) is 5.32 Å². The molecular weight excluding hydrogens is 358 g/mol. The second-order valence-corrected chi connectivity index (χ2v) is 8.11. The molecule has 0 radical (unpaired) electrons. The second-order valence-electron chi connectivity index (χ2n) is 5.67. The topological polar surface area (TPSA) is 72.5 Å². The molecule has 0 bridgehead atoms. The predicted octanol–water partition coefficient (Wildman–Crippen LogP) is 3.81. The third-order valence-corrected chi connectivity index (χ3v) is 5.69. The van der Waals surface area contributed by atoms with Crippen molar-refractivity contribution >= 4 is 40.3 Å². The monoisotopic (exact) mass is 379 g/mol. The molecule has 25 heavy (non-hydrogen) atoms. The van der Waals surface area contributed by atoms with E-state index in [4.69, 9.17) is 4.74 Å². The lowest BCUT2D eigenvalue weighted by Crippen LogP contribution is -2.30. The number of carbonyl (C=O) groups excluding carboxylic acids is 3. The molecule has 1 N–H and O–H groups in total. The number of ether oxygens (including phenoxy) is 1. The Bertz CT molecular complexity index is 749. The van der Waals surface area contributed by atoms with Crippen LogP contribution in [-0.2, 0) is 14.3 Å². The second kappa shape index (κ2) is 8.92. The molecule has 0 aliphatic carbocycles. The van der Waals surface area contributed by atoms with Gasteiger partial charge in [0.2, 0.25) is 5.91 Å². The van der Waals surface area contributed by atoms with E-state index in [0.29, 0.717) is 5.56 Å². The summed E-state index contributed by atoms with van der Waals surface area (Å²) >= 11 is 3.04. The summed E-state index contributed by atoms with van der Waals surface area (Å²) in [6.45, 7) is 3.87. The van der Waals surface area contributed by atoms with Crippen LogP contribution >= 0.6 is 22.7 Å². The highest BCUT2D eigenvalue weighted by atomic mass is 32.1. The highest BCUT2D eigenvalue weighted by molar-refractivity contribution is 7.12. The van der Waals surface area contributed by atoms with Gasteiger partial charge >= 0.3 is 5.97 Å². The first-order valence-electron chi connectivity index (χ1n) is 7.90. The maximum Gasteiger partial charge on any atom is 0.307 e. The summed E-state index contributed by atoms with van der Waals surface area (Å²) in [6.07, 6.45) is 0.313. The average molecular weight is 380 g/mol. The van der Waals surface area contributed by atoms with Crippen LogP contribution in [0.4, 0.5) is 0 Å². The van der Waals surface area contributed by atoms with Gasteiger partial charge in [-0.3, -0.25) is 14.4 Å². The van der Waals surface area contributed by atoms with Crippen molar-refractivity contribution < 1.29 is 19.1 Å². The maximum absolute atomic E-state index is 12.3. The van der Waals surface area contributed by atoms with Crippen LogP contribution in [0.2, 0.25) is 0 Å². The number of aryl methyl sites for hydroxylation is 2. The van der Waals surface area contributed by atoms with Gasteiger partial charge in [0.15, 0.2) is 5.78 Å². The van der Waals surface area contributed by atoms with Crippen LogP contribution in [0.3, 0.4) is 0 Å². The van der Waals surface area contributed by atoms with Gasteiger partial charge in [-0.15, -0.1) is 22.7 Å². The molecule has 0 saturated heterocycles. The van der Waals surface area contributed by atoms with Gasteiger partial charge in [-0.25, -0.2) is 0 Å². The van der Waals surface area contributed by atoms with Gasteiger partial charge in [0.1, 0.15) is 0 Å². The van der Waals surface area contributed by atoms with Crippen LogP contribution in [0.5, 0.6) is 0 Å². The number of methoxy groups -OCH3 is 1. The molecule has 0 aromatic carbocycles. The highest BCUT2D eigenvalue weighted by Crippen LogP contribution is 2.24. The Morgan fingerprint density at radius 1 is 1.24 bits per heavy atom. The first-order valence-corrected chi connectivity index (χ1v) is 9.60. The van der Waals surface area contributed by atoms with E-state index in [1.54, 1.807) is 11.3 Å². The van der Waals surface area contributed by atoms with E-state index in [9.17, 15) is 14.4 Å². The van der Waals surface area contributed by atoms with Gasteiger partial charge in [-0.05, 0) is 31.4 Å². The van der Waals surface area contributed by atoms with Crippen molar-refractivity contribution in [1.29, 1.82) is 0 Å². The van der Waals surface area contributed by atoms with Crippen LogP contribution in [-0.4, -0.2) is 24.8 Å². The van der Waals surface area contributed by atoms with E-state index < -0.39 is 6.04 Å². The number of rotatable bonds is 8. The molecule has 2 rings (SSSR count). The van der Waals surface area contributed by atoms with Crippen LogP contribution in [0, 0.1) is 13.8 Å². The number of hydrogen-bond donors (Lipinski definition) is 1. The Morgan fingerprint density at radius 3 is 2.56 bits per heavy atom. The Hall–Kier alpha value is -1.99. The number of ketones is 1. The number of carbonyl (C=O) groups is 3. The zero-order chi connectivity index (χ0) is 18.4. The van der Waals surface area contributed by atoms with Crippen molar-refractivity contribution in [3.8, 4) is 0 Å². The van der Waals surface area contributed by atoms with E-state index in [1.807, 2.05) is 37.4 Å². The fraction of sp³-hybridized carbons (Fsp3) is 0.389. The Morgan fingerprint density at radius 2 is 2.00 bits per heavy atom. The molecule has 0 aliphatic heterocycles. The first-order chi connectivity index (χ1) is 11.9. The number of esters is 1. The molecule has 1 atom stereocenters. The van der Waals surface area contributed by atoms with Crippen LogP contribution in [0.1, 0.15) is 50.3 Å². The summed E-state index contributed by atoms with van der Waals surface area (Å²) in [5, 5.41) is 4.72. The Balaban J connectivity index is 1.93. The molecule has 5 nitrogen and oxygen atoms in total. The number of thiophene rings is 2. The summed E-state index contributed by atoms with van der Waals surface area (Å²) in [5.41, 5.74) is 0.694. The normalized spacial score (nSPS) is 11.8. The quantitative estimate of drug-likeness (QED) is 0.559. The minimum Gasteiger partial charge on any atom is -0.469 e. The lowest BCUT2D eigenvalue weighted by Gasteiger charge is -2.16. The first kappa shape index (κ1) is 19.3. The maximum atomic E-state index is 12.3. The summed E-state index contributed by atoms with van der Waals surface area (Å²) < 4.78 is 4.69. The number of nitrogens with one attached hydrogen (secondary N) is 1. The molecule has 0 aliphatic rings. The SMILES string of the molecule is COC(=O)CC(NC(=O)CCC(=O)c1cc(C)sc1C)c1cccs1. The van der Waals surface area contributed by atoms with Crippen LogP contribution < -0.4 is 5.32 Å². The zero-order valence-corrected chi connectivity index (χ0v) is 16.1. The molecule has 0 spiro atoms. The number of hydrogen-bond acceptors (Lipinski definition) is 6. The van der Waals surface area contributed by atoms with Gasteiger partial charge in [-0.1, -0.05) is 6.07 Å². The third-order valence-electron chi connectivity index (χ3n) is 3.74. The van der Waals surface area contributed by atoms with Crippen molar-refractivity contribution in [3.63, 3.8) is 0 Å². The van der Waals surface area contributed by atoms with Crippen molar-refractivity contribution in [3.05, 3.63) is 43.8 Å². The Labute approximate surface area is 155 Å². The largest absolute Gasteiger partial charge is 0.469 e. The minimum absolute atomic E-state index is 0.0300. The van der Waals surface area contributed by atoms with E-state index in [-0.39, 0.29) is 36.9 Å². The Kier molecular flexibility index (Phi) is 6.90. The fourth-order valence-corrected chi connectivity index (χ4v) is 4.22. The number of Topliss-reactive ketones (excluding diaryl/α,β-unsaturated/α-hetero) is 1. The molecule has 1 amide bonds. The van der Waals surface area contributed by atoms with E-state index in [0.717, 1.165) is 14.6 Å². The van der Waals surface area contributed by atoms with Crippen LogP contribution in [0.15, 0.2) is 23.6 Å². The molecule has 2 aromatic rings. The summed E-state index contributed by atoms with van der Waals surface area (Å²) in [5.74, 6) is -0.669. The third kappa shape index (κ3) is 5.51. The van der Waals surface area contributed by atoms with Crippen molar-refractivity contribution in [2.45, 2.75) is 39.2 Å². The van der Waals surface area contributed by atoms with Crippen molar-refractivity contribution in [2.24, 2.45) is 0 Å². The summed E-state index contributed by atoms with van der Waals surface area (Å²) in [6, 6.07) is 5.16. The fourth-order valence-electron chi connectivity index (χ4n) is 2.50. The number of amides is 1. The van der Waals surface area contributed by atoms with E-state index >= 15 is 0 Å². The van der Waals surface area contributed by atoms with Gasteiger partial charge < -0.3 is 10.1 Å². The molecule has 7 heteroatoms. The van der Waals surface area contributed by atoms with Gasteiger partial charge in [0.25, 0.3) is 0 Å². The standard InChI is InChI=1S/C18H21NO4S2/c1-11-9-13(12(2)25-11)15(20)6-7-17(21)19-14(10-18(22)23-3)16-5-4-8-24-16/h4-5,8-9,14H,6-7,10H2,1-3H3,(H,19,21). The van der Waals surface area contributed by atoms with Crippen molar-refractivity contribution in [1.82, 2.24) is 5.32 Å². The molecule has 0 fully saturated rings. The molecule has 1 unspecified atom stereocenters. The molecule has 2 heterocycles. The molecule has 0 saturated carbocycles. The van der Waals surface area contributed by atoms with Gasteiger partial charge in [0, 0.05) is 33.0 Å². The highest BCUT2D eigenvalue weighted by Gasteiger charge is 2.21.